The Hall–Kier alpha value is -1.29. The summed E-state index contributed by atoms with van der Waals surface area (Å²) < 4.78 is 5.06. The van der Waals surface area contributed by atoms with E-state index in [1.807, 2.05) is 6.92 Å². The van der Waals surface area contributed by atoms with Crippen molar-refractivity contribution in [3.63, 3.8) is 0 Å². The Morgan fingerprint density at radius 2 is 2.33 bits per heavy atom. The first-order valence-corrected chi connectivity index (χ1v) is 5.32. The van der Waals surface area contributed by atoms with Gasteiger partial charge in [-0.25, -0.2) is 0 Å². The first-order valence-electron chi connectivity index (χ1n) is 5.32. The maximum absolute atomic E-state index is 11.5. The van der Waals surface area contributed by atoms with Crippen LogP contribution >= 0.6 is 0 Å². The third-order valence-corrected chi connectivity index (χ3v) is 2.41. The van der Waals surface area contributed by atoms with Crippen molar-refractivity contribution in [3.8, 4) is 0 Å². The first kappa shape index (κ1) is 10.2. The minimum Gasteiger partial charge on any atom is -0.469 e. The summed E-state index contributed by atoms with van der Waals surface area (Å²) in [6.45, 7) is 3.33. The zero-order chi connectivity index (χ0) is 10.7. The van der Waals surface area contributed by atoms with Gasteiger partial charge in [0.25, 0.3) is 5.91 Å². The van der Waals surface area contributed by atoms with E-state index in [0.29, 0.717) is 18.2 Å². The van der Waals surface area contributed by atoms with Gasteiger partial charge in [0.2, 0.25) is 0 Å². The summed E-state index contributed by atoms with van der Waals surface area (Å²) >= 11 is 0. The monoisotopic (exact) mass is 208 g/mol. The highest BCUT2D eigenvalue weighted by Crippen LogP contribution is 2.17. The molecule has 0 aliphatic heterocycles. The molecule has 1 aliphatic carbocycles. The molecule has 1 aliphatic rings. The van der Waals surface area contributed by atoms with E-state index < -0.39 is 0 Å². The zero-order valence-electron chi connectivity index (χ0n) is 8.88. The van der Waals surface area contributed by atoms with Crippen LogP contribution in [0.15, 0.2) is 16.7 Å². The quantitative estimate of drug-likeness (QED) is 0.712. The van der Waals surface area contributed by atoms with Crippen LogP contribution in [-0.4, -0.2) is 25.0 Å². The smallest absolute Gasteiger partial charge is 0.254 e. The van der Waals surface area contributed by atoms with Gasteiger partial charge in [-0.2, -0.15) is 0 Å². The van der Waals surface area contributed by atoms with E-state index in [4.69, 9.17) is 4.42 Å². The molecule has 2 N–H and O–H groups in total. The molecule has 4 nitrogen and oxygen atoms in total. The fourth-order valence-corrected chi connectivity index (χ4v) is 1.40. The summed E-state index contributed by atoms with van der Waals surface area (Å²) in [4.78, 5) is 11.5. The van der Waals surface area contributed by atoms with Crippen LogP contribution in [0.4, 0.5) is 0 Å². The standard InChI is InChI=1S/C11H16N2O2/c1-8-6-9(7-15-8)11(14)13-5-4-12-10-2-3-10/h6-7,10,12H,2-5H2,1H3,(H,13,14). The molecule has 0 unspecified atom stereocenters. The van der Waals surface area contributed by atoms with Gasteiger partial charge < -0.3 is 15.1 Å². The molecular formula is C11H16N2O2. The molecule has 0 bridgehead atoms. The second-order valence-electron chi connectivity index (χ2n) is 3.93. The fraction of sp³-hybridized carbons (Fsp3) is 0.545. The summed E-state index contributed by atoms with van der Waals surface area (Å²) in [5.74, 6) is 0.695. The lowest BCUT2D eigenvalue weighted by Crippen LogP contribution is -2.32. The maximum atomic E-state index is 11.5. The van der Waals surface area contributed by atoms with Gasteiger partial charge in [0.15, 0.2) is 0 Å². The molecule has 1 amide bonds. The third kappa shape index (κ3) is 3.09. The summed E-state index contributed by atoms with van der Waals surface area (Å²) in [6.07, 6.45) is 4.03. The van der Waals surface area contributed by atoms with Gasteiger partial charge in [0.1, 0.15) is 12.0 Å². The highest BCUT2D eigenvalue weighted by atomic mass is 16.3. The topological polar surface area (TPSA) is 54.3 Å². The number of rotatable bonds is 5. The molecule has 82 valence electrons. The lowest BCUT2D eigenvalue weighted by molar-refractivity contribution is 0.0953. The summed E-state index contributed by atoms with van der Waals surface area (Å²) in [7, 11) is 0. The van der Waals surface area contributed by atoms with Crippen molar-refractivity contribution in [1.29, 1.82) is 0 Å². The Morgan fingerprint density at radius 3 is 2.93 bits per heavy atom. The van der Waals surface area contributed by atoms with Crippen LogP contribution in [0, 0.1) is 6.92 Å². The third-order valence-electron chi connectivity index (χ3n) is 2.41. The predicted octanol–water partition coefficient (Wildman–Crippen LogP) is 1.07. The van der Waals surface area contributed by atoms with Gasteiger partial charge in [0.05, 0.1) is 5.56 Å². The van der Waals surface area contributed by atoms with Gasteiger partial charge in [-0.05, 0) is 25.8 Å². The van der Waals surface area contributed by atoms with Crippen molar-refractivity contribution in [1.82, 2.24) is 10.6 Å². The van der Waals surface area contributed by atoms with E-state index in [-0.39, 0.29) is 5.91 Å². The van der Waals surface area contributed by atoms with Crippen LogP contribution in [0.1, 0.15) is 29.0 Å². The summed E-state index contributed by atoms with van der Waals surface area (Å²) in [5, 5.41) is 6.16. The Morgan fingerprint density at radius 1 is 1.53 bits per heavy atom. The average Bonchev–Trinajstić information content (AvgIpc) is 2.94. The van der Waals surface area contributed by atoms with E-state index in [2.05, 4.69) is 10.6 Å². The predicted molar refractivity (Wildman–Crippen MR) is 56.8 cm³/mol. The number of carbonyl (C=O) groups is 1. The SMILES string of the molecule is Cc1cc(C(=O)NCCNC2CC2)co1. The van der Waals surface area contributed by atoms with Crippen molar-refractivity contribution >= 4 is 5.91 Å². The molecule has 1 saturated carbocycles. The molecule has 1 aromatic heterocycles. The van der Waals surface area contributed by atoms with Gasteiger partial charge in [-0.3, -0.25) is 4.79 Å². The molecular weight excluding hydrogens is 192 g/mol. The Labute approximate surface area is 89.0 Å². The second kappa shape index (κ2) is 4.49. The Balaban J connectivity index is 1.67. The van der Waals surface area contributed by atoms with Crippen LogP contribution in [0.25, 0.3) is 0 Å². The van der Waals surface area contributed by atoms with Gasteiger partial charge >= 0.3 is 0 Å². The lowest BCUT2D eigenvalue weighted by Gasteiger charge is -2.03. The molecule has 4 heteroatoms. The number of nitrogens with one attached hydrogen (secondary N) is 2. The van der Waals surface area contributed by atoms with Crippen LogP contribution in [-0.2, 0) is 0 Å². The van der Waals surface area contributed by atoms with E-state index in [1.54, 1.807) is 6.07 Å². The number of amides is 1. The number of aryl methyl sites for hydroxylation is 1. The number of hydrogen-bond donors (Lipinski definition) is 2. The van der Waals surface area contributed by atoms with Crippen molar-refractivity contribution in [2.24, 2.45) is 0 Å². The number of carbonyl (C=O) groups excluding carboxylic acids is 1. The maximum Gasteiger partial charge on any atom is 0.254 e. The van der Waals surface area contributed by atoms with Crippen LogP contribution in [0.3, 0.4) is 0 Å². The first-order chi connectivity index (χ1) is 7.25. The van der Waals surface area contributed by atoms with Crippen molar-refractivity contribution in [2.75, 3.05) is 13.1 Å². The van der Waals surface area contributed by atoms with Gasteiger partial charge in [-0.15, -0.1) is 0 Å². The summed E-state index contributed by atoms with van der Waals surface area (Å²) in [5.41, 5.74) is 0.596. The van der Waals surface area contributed by atoms with Gasteiger partial charge in [-0.1, -0.05) is 0 Å². The molecule has 0 saturated heterocycles. The molecule has 0 aromatic carbocycles. The second-order valence-corrected chi connectivity index (χ2v) is 3.93. The highest BCUT2D eigenvalue weighted by Gasteiger charge is 2.19. The Bertz CT molecular complexity index is 342. The van der Waals surface area contributed by atoms with E-state index >= 15 is 0 Å². The number of hydrogen-bond acceptors (Lipinski definition) is 3. The molecule has 0 spiro atoms. The Kier molecular flexibility index (Phi) is 3.06. The molecule has 1 aromatic rings. The molecule has 15 heavy (non-hydrogen) atoms. The zero-order valence-corrected chi connectivity index (χ0v) is 8.88. The molecule has 0 atom stereocenters. The minimum absolute atomic E-state index is 0.0653. The van der Waals surface area contributed by atoms with Crippen LogP contribution < -0.4 is 10.6 Å². The van der Waals surface area contributed by atoms with E-state index in [1.165, 1.54) is 19.1 Å². The average molecular weight is 208 g/mol. The number of furan rings is 1. The van der Waals surface area contributed by atoms with E-state index in [9.17, 15) is 4.79 Å². The van der Waals surface area contributed by atoms with Crippen molar-refractivity contribution < 1.29 is 9.21 Å². The minimum atomic E-state index is -0.0653. The molecule has 1 heterocycles. The molecule has 1 fully saturated rings. The molecule has 2 rings (SSSR count). The van der Waals surface area contributed by atoms with Crippen molar-refractivity contribution in [3.05, 3.63) is 23.7 Å². The fourth-order valence-electron chi connectivity index (χ4n) is 1.40. The normalized spacial score (nSPS) is 15.3. The largest absolute Gasteiger partial charge is 0.469 e. The van der Waals surface area contributed by atoms with Crippen LogP contribution in [0.2, 0.25) is 0 Å². The lowest BCUT2D eigenvalue weighted by atomic mass is 10.3. The van der Waals surface area contributed by atoms with Gasteiger partial charge in [0, 0.05) is 19.1 Å². The summed E-state index contributed by atoms with van der Waals surface area (Å²) in [6, 6.07) is 2.43. The van der Waals surface area contributed by atoms with Crippen LogP contribution in [0.5, 0.6) is 0 Å². The molecule has 0 radical (unpaired) electrons. The highest BCUT2D eigenvalue weighted by molar-refractivity contribution is 5.93. The van der Waals surface area contributed by atoms with E-state index in [0.717, 1.165) is 12.3 Å². The van der Waals surface area contributed by atoms with Crippen molar-refractivity contribution in [2.45, 2.75) is 25.8 Å².